The largest absolute Gasteiger partial charge is 0.309 e. The Labute approximate surface area is 494 Å². The van der Waals surface area contributed by atoms with Crippen molar-refractivity contribution in [3.8, 4) is 73.0 Å². The monoisotopic (exact) mass is 1090 g/mol. The fourth-order valence-corrected chi connectivity index (χ4v) is 13.1. The molecule has 0 N–H and O–H groups in total. The van der Waals surface area contributed by atoms with E-state index in [9.17, 15) is 0 Å². The number of aryl methyl sites for hydroxylation is 2. The Hall–Kier alpha value is -10.3. The highest BCUT2D eigenvalue weighted by Gasteiger charge is 2.21. The summed E-state index contributed by atoms with van der Waals surface area (Å²) in [5, 5.41) is 4.85. The van der Waals surface area contributed by atoms with Crippen LogP contribution < -0.4 is 0 Å². The Morgan fingerprint density at radius 3 is 1.60 bits per heavy atom. The molecule has 11 aromatic carbocycles. The zero-order valence-corrected chi connectivity index (χ0v) is 48.1. The van der Waals surface area contributed by atoms with Gasteiger partial charge >= 0.3 is 0 Å². The fourth-order valence-electron chi connectivity index (χ4n) is 12.0. The zero-order chi connectivity index (χ0) is 56.7. The molecule has 5 heteroatoms. The number of aliphatic imine (C=N–C) groups is 1. The molecule has 3 aromatic heterocycles. The maximum absolute atomic E-state index is 5.53. The molecule has 0 fully saturated rings. The van der Waals surface area contributed by atoms with Crippen LogP contribution >= 0.6 is 11.3 Å². The Bertz CT molecular complexity index is 4840. The van der Waals surface area contributed by atoms with Crippen LogP contribution in [0, 0.1) is 13.8 Å². The molecular weight excluding hydrogens is 1040 g/mol. The van der Waals surface area contributed by atoms with Crippen LogP contribution in [0.15, 0.2) is 284 Å². The van der Waals surface area contributed by atoms with E-state index in [1.807, 2.05) is 23.5 Å². The van der Waals surface area contributed by atoms with Crippen molar-refractivity contribution in [3.63, 3.8) is 0 Å². The van der Waals surface area contributed by atoms with Gasteiger partial charge in [-0.25, -0.2) is 9.97 Å². The van der Waals surface area contributed by atoms with Gasteiger partial charge in [-0.2, -0.15) is 0 Å². The van der Waals surface area contributed by atoms with Gasteiger partial charge in [-0.3, -0.25) is 4.99 Å². The number of nitrogens with zero attached hydrogens (tertiary/aromatic N) is 4. The van der Waals surface area contributed by atoms with Crippen LogP contribution in [0.4, 0.5) is 0 Å². The number of aromatic nitrogens is 3. The lowest BCUT2D eigenvalue weighted by molar-refractivity contribution is 1.18. The van der Waals surface area contributed by atoms with Gasteiger partial charge in [0.15, 0.2) is 5.82 Å². The molecule has 4 nitrogen and oxygen atoms in total. The summed E-state index contributed by atoms with van der Waals surface area (Å²) < 4.78 is 4.93. The molecule has 0 bridgehead atoms. The first kappa shape index (κ1) is 51.8. The highest BCUT2D eigenvalue weighted by atomic mass is 32.1. The van der Waals surface area contributed by atoms with Gasteiger partial charge in [-0.1, -0.05) is 206 Å². The summed E-state index contributed by atoms with van der Waals surface area (Å²) in [6, 6.07) is 95.8. The number of hydrogen-bond donors (Lipinski definition) is 0. The number of rotatable bonds is 12. The van der Waals surface area contributed by atoms with E-state index < -0.39 is 0 Å². The second-order valence-corrected chi connectivity index (χ2v) is 22.6. The number of fused-ring (bicyclic) bond motifs is 6. The molecule has 3 heterocycles. The molecule has 84 heavy (non-hydrogen) atoms. The van der Waals surface area contributed by atoms with E-state index in [2.05, 4.69) is 299 Å². The van der Waals surface area contributed by atoms with Crippen molar-refractivity contribution in [2.45, 2.75) is 27.7 Å². The first-order valence-electron chi connectivity index (χ1n) is 28.7. The summed E-state index contributed by atoms with van der Waals surface area (Å²) in [4.78, 5) is 16.1. The van der Waals surface area contributed by atoms with Crippen LogP contribution in [0.25, 0.3) is 126 Å². The molecule has 0 unspecified atom stereocenters. The normalized spacial score (nSPS) is 12.3. The van der Waals surface area contributed by atoms with E-state index in [0.717, 1.165) is 95.2 Å². The van der Waals surface area contributed by atoms with Crippen LogP contribution in [0.5, 0.6) is 0 Å². The minimum absolute atomic E-state index is 0.703. The van der Waals surface area contributed by atoms with Gasteiger partial charge in [0.1, 0.15) is 0 Å². The lowest BCUT2D eigenvalue weighted by Gasteiger charge is -2.17. The van der Waals surface area contributed by atoms with Crippen molar-refractivity contribution in [1.82, 2.24) is 14.5 Å². The van der Waals surface area contributed by atoms with E-state index in [0.29, 0.717) is 5.82 Å². The van der Waals surface area contributed by atoms with Gasteiger partial charge in [0.2, 0.25) is 0 Å². The smallest absolute Gasteiger partial charge is 0.161 e. The van der Waals surface area contributed by atoms with Gasteiger partial charge in [0, 0.05) is 70.2 Å². The summed E-state index contributed by atoms with van der Waals surface area (Å²) in [5.41, 5.74) is 23.9. The first-order chi connectivity index (χ1) is 41.3. The molecule has 0 aliphatic carbocycles. The molecule has 0 atom stereocenters. The van der Waals surface area contributed by atoms with Gasteiger partial charge in [-0.15, -0.1) is 11.3 Å². The number of allylic oxidation sites excluding steroid dienone is 3. The van der Waals surface area contributed by atoms with Crippen LogP contribution in [0.3, 0.4) is 0 Å². The molecule has 14 rings (SSSR count). The first-order valence-corrected chi connectivity index (χ1v) is 29.5. The van der Waals surface area contributed by atoms with Crippen molar-refractivity contribution in [2.24, 2.45) is 4.99 Å². The third-order valence-corrected chi connectivity index (χ3v) is 17.4. The Morgan fingerprint density at radius 2 is 0.976 bits per heavy atom. The van der Waals surface area contributed by atoms with E-state index in [4.69, 9.17) is 15.0 Å². The summed E-state index contributed by atoms with van der Waals surface area (Å²) in [6.45, 7) is 8.66. The summed E-state index contributed by atoms with van der Waals surface area (Å²) >= 11 is 1.85. The molecule has 0 amide bonds. The predicted molar refractivity (Wildman–Crippen MR) is 358 cm³/mol. The van der Waals surface area contributed by atoms with Crippen LogP contribution in [0.2, 0.25) is 0 Å². The average molecular weight is 1100 g/mol. The van der Waals surface area contributed by atoms with Crippen LogP contribution in [0.1, 0.15) is 41.7 Å². The molecular formula is C79H58N4S. The highest BCUT2D eigenvalue weighted by molar-refractivity contribution is 7.25. The SMILES string of the molecule is C/C=C(/C=C(\N=C(C)c1cccc2c1c1cc(-c3ccc4sc5ccc(-c6ccc(C)c(-c7c(C)cccc7-c7nc(-c8ccccc8)cc(-c8ccccc8)n7)c6)cc5c4c3)ccc1n2-c1ccccc1)c1ccccc1)c1ccccc1. The summed E-state index contributed by atoms with van der Waals surface area (Å²) in [6.07, 6.45) is 4.39. The quantitative estimate of drug-likeness (QED) is 0.0904. The highest BCUT2D eigenvalue weighted by Crippen LogP contribution is 2.44. The number of para-hydroxylation sites is 1. The Kier molecular flexibility index (Phi) is 13.7. The molecule has 0 saturated carbocycles. The second kappa shape index (κ2) is 22.2. The van der Waals surface area contributed by atoms with E-state index in [1.165, 1.54) is 58.8 Å². The maximum atomic E-state index is 5.53. The summed E-state index contributed by atoms with van der Waals surface area (Å²) in [5.74, 6) is 0.703. The molecule has 14 aromatic rings. The van der Waals surface area contributed by atoms with Gasteiger partial charge in [0.05, 0.1) is 28.1 Å². The molecule has 0 saturated heterocycles. The molecule has 0 spiro atoms. The number of benzene rings is 11. The van der Waals surface area contributed by atoms with Crippen molar-refractivity contribution in [2.75, 3.05) is 0 Å². The minimum atomic E-state index is 0.703. The topological polar surface area (TPSA) is 43.1 Å². The van der Waals surface area contributed by atoms with Gasteiger partial charge in [-0.05, 0) is 156 Å². The number of thiophene rings is 1. The van der Waals surface area contributed by atoms with E-state index in [-0.39, 0.29) is 0 Å². The van der Waals surface area contributed by atoms with Crippen LogP contribution in [-0.2, 0) is 0 Å². The Morgan fingerprint density at radius 1 is 0.440 bits per heavy atom. The molecule has 400 valence electrons. The van der Waals surface area contributed by atoms with E-state index in [1.54, 1.807) is 0 Å². The third-order valence-electron chi connectivity index (χ3n) is 16.3. The Balaban J connectivity index is 0.871. The van der Waals surface area contributed by atoms with Crippen molar-refractivity contribution < 1.29 is 0 Å². The lowest BCUT2D eigenvalue weighted by atomic mass is 9.89. The van der Waals surface area contributed by atoms with Crippen molar-refractivity contribution >= 4 is 70.3 Å². The standard InChI is InChI=1S/C79H58N4S/c1-5-54(55-24-11-6-12-25-55)49-70(56-26-13-7-14-27-56)80-53(4)64-34-22-36-74-78(64)69-48-60(39-42-73(69)83(74)63-32-19-10-20-33-63)62-41-44-76-68(47-62)67-46-61(40-43-75(67)84-76)59-38-37-51(2)66(45-59)77-52(3)23-21-35-65(77)79-81-71(57-28-15-8-16-29-57)50-72(82-79)58-30-17-9-18-31-58/h5-50H,1-4H3/b54-5-,70-49-,80-53?. The zero-order valence-electron chi connectivity index (χ0n) is 47.3. The van der Waals surface area contributed by atoms with Crippen molar-refractivity contribution in [3.05, 3.63) is 307 Å². The van der Waals surface area contributed by atoms with E-state index >= 15 is 0 Å². The second-order valence-electron chi connectivity index (χ2n) is 21.6. The van der Waals surface area contributed by atoms with Gasteiger partial charge in [0.25, 0.3) is 0 Å². The molecule has 0 aliphatic heterocycles. The lowest BCUT2D eigenvalue weighted by Crippen LogP contribution is -1.99. The predicted octanol–water partition coefficient (Wildman–Crippen LogP) is 21.5. The minimum Gasteiger partial charge on any atom is -0.309 e. The summed E-state index contributed by atoms with van der Waals surface area (Å²) in [7, 11) is 0. The van der Waals surface area contributed by atoms with Crippen molar-refractivity contribution in [1.29, 1.82) is 0 Å². The maximum Gasteiger partial charge on any atom is 0.161 e. The third kappa shape index (κ3) is 9.74. The average Bonchev–Trinajstić information content (AvgIpc) is 3.14. The fraction of sp³-hybridized carbons (Fsp3) is 0.0506. The van der Waals surface area contributed by atoms with Gasteiger partial charge < -0.3 is 4.57 Å². The van der Waals surface area contributed by atoms with Crippen LogP contribution in [-0.4, -0.2) is 20.2 Å². The molecule has 0 radical (unpaired) electrons. The number of hydrogen-bond acceptors (Lipinski definition) is 4. The molecule has 0 aliphatic rings.